The van der Waals surface area contributed by atoms with E-state index in [0.717, 1.165) is 0 Å². The van der Waals surface area contributed by atoms with Gasteiger partial charge in [0, 0.05) is 12.6 Å². The first-order valence-corrected chi connectivity index (χ1v) is 6.55. The second-order valence-corrected chi connectivity index (χ2v) is 4.78. The summed E-state index contributed by atoms with van der Waals surface area (Å²) >= 11 is 0. The van der Waals surface area contributed by atoms with Crippen molar-refractivity contribution in [1.82, 2.24) is 4.90 Å². The van der Waals surface area contributed by atoms with Gasteiger partial charge in [0.15, 0.2) is 0 Å². The predicted octanol–water partition coefficient (Wildman–Crippen LogP) is 2.48. The number of rotatable bonds is 2. The van der Waals surface area contributed by atoms with E-state index in [1.807, 2.05) is 13.8 Å². The summed E-state index contributed by atoms with van der Waals surface area (Å²) in [5.74, 6) is -0.00166. The van der Waals surface area contributed by atoms with E-state index in [1.54, 1.807) is 4.90 Å². The molecule has 110 valence electrons. The highest BCUT2D eigenvalue weighted by Gasteiger charge is 2.29. The van der Waals surface area contributed by atoms with Gasteiger partial charge in [0.2, 0.25) is 0 Å². The lowest BCUT2D eigenvalue weighted by Gasteiger charge is -2.37. The predicted molar refractivity (Wildman–Crippen MR) is 73.6 cm³/mol. The summed E-state index contributed by atoms with van der Waals surface area (Å²) in [5, 5.41) is 2.69. The molecule has 0 radical (unpaired) electrons. The largest absolute Gasteiger partial charge is 0.495 e. The molecule has 0 aliphatic carbocycles. The lowest BCUT2D eigenvalue weighted by atomic mass is 10.1. The van der Waals surface area contributed by atoms with Gasteiger partial charge in [-0.05, 0) is 26.0 Å². The third kappa shape index (κ3) is 3.01. The van der Waals surface area contributed by atoms with Gasteiger partial charge < -0.3 is 19.7 Å². The molecule has 1 aliphatic rings. The van der Waals surface area contributed by atoms with Crippen LogP contribution < -0.4 is 10.1 Å². The molecule has 0 unspecified atom stereocenters. The van der Waals surface area contributed by atoms with E-state index in [2.05, 4.69) is 5.32 Å². The van der Waals surface area contributed by atoms with Crippen LogP contribution in [0.3, 0.4) is 0 Å². The summed E-state index contributed by atoms with van der Waals surface area (Å²) in [6.45, 7) is 4.85. The molecule has 0 aromatic heterocycles. The number of urea groups is 1. The summed E-state index contributed by atoms with van der Waals surface area (Å²) in [4.78, 5) is 14.0. The summed E-state index contributed by atoms with van der Waals surface area (Å²) in [7, 11) is 1.47. The maximum absolute atomic E-state index is 13.3. The molecule has 5 nitrogen and oxygen atoms in total. The van der Waals surface area contributed by atoms with Gasteiger partial charge in [0.05, 0.1) is 31.5 Å². The van der Waals surface area contributed by atoms with Crippen LogP contribution in [-0.4, -0.2) is 43.3 Å². The van der Waals surface area contributed by atoms with Crippen molar-refractivity contribution in [2.75, 3.05) is 25.6 Å². The number of carbonyl (C=O) groups is 1. The van der Waals surface area contributed by atoms with Crippen LogP contribution in [0.4, 0.5) is 14.9 Å². The normalized spacial score (nSPS) is 22.5. The summed E-state index contributed by atoms with van der Waals surface area (Å²) in [6.07, 6.45) is -0.0242. The zero-order valence-electron chi connectivity index (χ0n) is 11.9. The minimum Gasteiger partial charge on any atom is -0.495 e. The first kappa shape index (κ1) is 14.6. The zero-order chi connectivity index (χ0) is 14.7. The van der Waals surface area contributed by atoms with Gasteiger partial charge in [0.25, 0.3) is 0 Å². The second kappa shape index (κ2) is 6.09. The monoisotopic (exact) mass is 282 g/mol. The van der Waals surface area contributed by atoms with Crippen molar-refractivity contribution in [2.45, 2.75) is 26.0 Å². The maximum atomic E-state index is 13.3. The van der Waals surface area contributed by atoms with Crippen molar-refractivity contribution >= 4 is 11.7 Å². The van der Waals surface area contributed by atoms with Crippen molar-refractivity contribution in [1.29, 1.82) is 0 Å². The number of methoxy groups -OCH3 is 1. The Morgan fingerprint density at radius 2 is 2.25 bits per heavy atom. The number of amides is 2. The fourth-order valence-electron chi connectivity index (χ4n) is 2.18. The van der Waals surface area contributed by atoms with Gasteiger partial charge in [-0.2, -0.15) is 0 Å². The van der Waals surface area contributed by atoms with Crippen molar-refractivity contribution < 1.29 is 18.7 Å². The number of nitrogens with zero attached hydrogens (tertiary/aromatic N) is 1. The van der Waals surface area contributed by atoms with Gasteiger partial charge in [-0.15, -0.1) is 0 Å². The topological polar surface area (TPSA) is 50.8 Å². The Morgan fingerprint density at radius 3 is 2.95 bits per heavy atom. The molecule has 1 heterocycles. The molecule has 0 saturated carbocycles. The summed E-state index contributed by atoms with van der Waals surface area (Å²) in [6, 6.07) is 3.69. The van der Waals surface area contributed by atoms with Gasteiger partial charge >= 0.3 is 6.03 Å². The smallest absolute Gasteiger partial charge is 0.322 e. The number of nitrogens with one attached hydrogen (secondary N) is 1. The SMILES string of the molecule is COc1ccc(F)cc1NC(=O)N1CCO[C@H](C)[C@@H]1C. The number of hydrogen-bond acceptors (Lipinski definition) is 3. The Balaban J connectivity index is 2.13. The lowest BCUT2D eigenvalue weighted by Crippen LogP contribution is -2.52. The average Bonchev–Trinajstić information content (AvgIpc) is 2.42. The molecule has 1 aromatic carbocycles. The van der Waals surface area contributed by atoms with Crippen LogP contribution in [0.2, 0.25) is 0 Å². The van der Waals surface area contributed by atoms with E-state index in [9.17, 15) is 9.18 Å². The molecule has 2 amide bonds. The van der Waals surface area contributed by atoms with Crippen molar-refractivity contribution in [2.24, 2.45) is 0 Å². The Morgan fingerprint density at radius 1 is 1.50 bits per heavy atom. The third-order valence-corrected chi connectivity index (χ3v) is 3.55. The molecular weight excluding hydrogens is 263 g/mol. The van der Waals surface area contributed by atoms with Gasteiger partial charge in [-0.3, -0.25) is 0 Å². The van der Waals surface area contributed by atoms with Crippen LogP contribution in [0.5, 0.6) is 5.75 Å². The zero-order valence-corrected chi connectivity index (χ0v) is 11.9. The Labute approximate surface area is 117 Å². The fraction of sp³-hybridized carbons (Fsp3) is 0.500. The van der Waals surface area contributed by atoms with Crippen LogP contribution >= 0.6 is 0 Å². The summed E-state index contributed by atoms with van der Waals surface area (Å²) < 4.78 is 23.9. The Hall–Kier alpha value is -1.82. The van der Waals surface area contributed by atoms with Crippen LogP contribution in [-0.2, 0) is 4.74 Å². The number of hydrogen-bond donors (Lipinski definition) is 1. The molecule has 20 heavy (non-hydrogen) atoms. The Bertz CT molecular complexity index is 495. The molecule has 1 fully saturated rings. The van der Waals surface area contributed by atoms with Crippen LogP contribution in [0, 0.1) is 5.82 Å². The fourth-order valence-corrected chi connectivity index (χ4v) is 2.18. The first-order valence-electron chi connectivity index (χ1n) is 6.55. The van der Waals surface area contributed by atoms with Gasteiger partial charge in [-0.25, -0.2) is 9.18 Å². The van der Waals surface area contributed by atoms with Gasteiger partial charge in [0.1, 0.15) is 11.6 Å². The molecule has 1 aromatic rings. The van der Waals surface area contributed by atoms with Crippen LogP contribution in [0.1, 0.15) is 13.8 Å². The molecule has 1 aliphatic heterocycles. The van der Waals surface area contributed by atoms with E-state index >= 15 is 0 Å². The number of ether oxygens (including phenoxy) is 2. The third-order valence-electron chi connectivity index (χ3n) is 3.55. The minimum atomic E-state index is -0.426. The molecule has 2 rings (SSSR count). The number of halogens is 1. The van der Waals surface area contributed by atoms with Crippen molar-refractivity contribution in [3.8, 4) is 5.75 Å². The molecular formula is C14H19FN2O3. The van der Waals surface area contributed by atoms with E-state index in [4.69, 9.17) is 9.47 Å². The highest BCUT2D eigenvalue weighted by atomic mass is 19.1. The highest BCUT2D eigenvalue weighted by Crippen LogP contribution is 2.26. The number of carbonyl (C=O) groups excluding carboxylic acids is 1. The molecule has 0 bridgehead atoms. The van der Waals surface area contributed by atoms with Crippen LogP contribution in [0.25, 0.3) is 0 Å². The van der Waals surface area contributed by atoms with Crippen molar-refractivity contribution in [3.05, 3.63) is 24.0 Å². The highest BCUT2D eigenvalue weighted by molar-refractivity contribution is 5.91. The number of anilines is 1. The molecule has 6 heteroatoms. The second-order valence-electron chi connectivity index (χ2n) is 4.78. The molecule has 0 spiro atoms. The van der Waals surface area contributed by atoms with Crippen molar-refractivity contribution in [3.63, 3.8) is 0 Å². The quantitative estimate of drug-likeness (QED) is 0.906. The molecule has 2 atom stereocenters. The average molecular weight is 282 g/mol. The van der Waals surface area contributed by atoms with E-state index in [-0.39, 0.29) is 18.2 Å². The maximum Gasteiger partial charge on any atom is 0.322 e. The van der Waals surface area contributed by atoms with Gasteiger partial charge in [-0.1, -0.05) is 0 Å². The molecule has 1 N–H and O–H groups in total. The summed E-state index contributed by atoms with van der Waals surface area (Å²) in [5.41, 5.74) is 0.323. The van der Waals surface area contributed by atoms with E-state index in [1.165, 1.54) is 25.3 Å². The lowest BCUT2D eigenvalue weighted by molar-refractivity contribution is -0.0355. The molecule has 1 saturated heterocycles. The first-order chi connectivity index (χ1) is 9.52. The Kier molecular flexibility index (Phi) is 4.44. The van der Waals surface area contributed by atoms with E-state index < -0.39 is 5.82 Å². The number of benzene rings is 1. The van der Waals surface area contributed by atoms with E-state index in [0.29, 0.717) is 24.6 Å². The van der Waals surface area contributed by atoms with Crippen LogP contribution in [0.15, 0.2) is 18.2 Å². The minimum absolute atomic E-state index is 0.0242. The standard InChI is InChI=1S/C14H19FN2O3/c1-9-10(2)20-7-6-17(9)14(18)16-12-8-11(15)4-5-13(12)19-3/h4-5,8-10H,6-7H2,1-3H3,(H,16,18)/t9-,10+/m0/s1. The number of morpholine rings is 1.